The Hall–Kier alpha value is -0.370. The van der Waals surface area contributed by atoms with E-state index in [0.29, 0.717) is 24.3 Å². The lowest BCUT2D eigenvalue weighted by atomic mass is 9.97. The fourth-order valence-corrected chi connectivity index (χ4v) is 2.20. The van der Waals surface area contributed by atoms with Crippen LogP contribution in [0.2, 0.25) is 0 Å². The predicted molar refractivity (Wildman–Crippen MR) is 54.8 cm³/mol. The highest BCUT2D eigenvalue weighted by Crippen LogP contribution is 2.22. The first-order chi connectivity index (χ1) is 6.11. The molecule has 0 saturated carbocycles. The molecule has 0 aromatic carbocycles. The normalized spacial score (nSPS) is 30.4. The topological polar surface area (TPSA) is 20.3 Å². The number of Topliss-reactive ketones (excluding diaryl/α,β-unsaturated/α-hetero) is 1. The summed E-state index contributed by atoms with van der Waals surface area (Å²) in [4.78, 5) is 13.4. The summed E-state index contributed by atoms with van der Waals surface area (Å²) in [6, 6.07) is 1.34. The molecule has 13 heavy (non-hydrogen) atoms. The van der Waals surface area contributed by atoms with E-state index in [1.165, 1.54) is 19.3 Å². The van der Waals surface area contributed by atoms with Crippen LogP contribution in [0.1, 0.15) is 46.5 Å². The van der Waals surface area contributed by atoms with E-state index in [4.69, 9.17) is 0 Å². The first-order valence-corrected chi connectivity index (χ1v) is 5.36. The van der Waals surface area contributed by atoms with Crippen LogP contribution in [0.3, 0.4) is 0 Å². The van der Waals surface area contributed by atoms with Crippen molar-refractivity contribution in [2.75, 3.05) is 6.54 Å². The molecule has 1 aliphatic rings. The van der Waals surface area contributed by atoms with Gasteiger partial charge >= 0.3 is 0 Å². The van der Waals surface area contributed by atoms with Gasteiger partial charge in [-0.1, -0.05) is 6.42 Å². The Morgan fingerprint density at radius 3 is 2.31 bits per heavy atom. The highest BCUT2D eigenvalue weighted by atomic mass is 16.1. The highest BCUT2D eigenvalue weighted by Gasteiger charge is 2.23. The third kappa shape index (κ3) is 3.11. The molecular weight excluding hydrogens is 162 g/mol. The molecule has 0 aromatic rings. The van der Waals surface area contributed by atoms with E-state index in [2.05, 4.69) is 18.7 Å². The van der Waals surface area contributed by atoms with Crippen molar-refractivity contribution < 1.29 is 4.79 Å². The number of likely N-dealkylation sites (tertiary alicyclic amines) is 1. The SMILES string of the molecule is CC(=O)CCN1C(C)CCCC1C. The van der Waals surface area contributed by atoms with Gasteiger partial charge in [0.05, 0.1) is 0 Å². The number of carbonyl (C=O) groups is 1. The van der Waals surface area contributed by atoms with Crippen molar-refractivity contribution in [3.8, 4) is 0 Å². The minimum atomic E-state index is 0.310. The first-order valence-electron chi connectivity index (χ1n) is 5.36. The average molecular weight is 183 g/mol. The fraction of sp³-hybridized carbons (Fsp3) is 0.909. The molecule has 0 radical (unpaired) electrons. The maximum atomic E-state index is 10.9. The van der Waals surface area contributed by atoms with Gasteiger partial charge in [-0.05, 0) is 33.6 Å². The van der Waals surface area contributed by atoms with E-state index in [1.54, 1.807) is 6.92 Å². The van der Waals surface area contributed by atoms with Crippen molar-refractivity contribution in [2.24, 2.45) is 0 Å². The van der Waals surface area contributed by atoms with Crippen LogP contribution in [0.15, 0.2) is 0 Å². The third-order valence-electron chi connectivity index (χ3n) is 3.10. The highest BCUT2D eigenvalue weighted by molar-refractivity contribution is 5.75. The van der Waals surface area contributed by atoms with Gasteiger partial charge in [0.25, 0.3) is 0 Å². The second-order valence-electron chi connectivity index (χ2n) is 4.32. The Morgan fingerprint density at radius 1 is 1.31 bits per heavy atom. The van der Waals surface area contributed by atoms with Gasteiger partial charge in [-0.15, -0.1) is 0 Å². The van der Waals surface area contributed by atoms with Gasteiger partial charge in [0.1, 0.15) is 5.78 Å². The van der Waals surface area contributed by atoms with Crippen LogP contribution in [0, 0.1) is 0 Å². The average Bonchev–Trinajstić information content (AvgIpc) is 2.03. The number of hydrogen-bond acceptors (Lipinski definition) is 2. The van der Waals surface area contributed by atoms with E-state index in [-0.39, 0.29) is 0 Å². The van der Waals surface area contributed by atoms with Gasteiger partial charge in [0.2, 0.25) is 0 Å². The molecule has 2 atom stereocenters. The summed E-state index contributed by atoms with van der Waals surface area (Å²) in [5.41, 5.74) is 0. The van der Waals surface area contributed by atoms with Crippen molar-refractivity contribution >= 4 is 5.78 Å². The van der Waals surface area contributed by atoms with Crippen molar-refractivity contribution in [3.05, 3.63) is 0 Å². The third-order valence-corrected chi connectivity index (χ3v) is 3.10. The van der Waals surface area contributed by atoms with Gasteiger partial charge in [-0.25, -0.2) is 0 Å². The van der Waals surface area contributed by atoms with Crippen LogP contribution in [-0.4, -0.2) is 29.3 Å². The monoisotopic (exact) mass is 183 g/mol. The van der Waals surface area contributed by atoms with Crippen LogP contribution in [0.25, 0.3) is 0 Å². The molecule has 0 aliphatic carbocycles. The number of piperidine rings is 1. The smallest absolute Gasteiger partial charge is 0.131 e. The van der Waals surface area contributed by atoms with Gasteiger partial charge in [0, 0.05) is 25.0 Å². The number of ketones is 1. The molecule has 0 N–H and O–H groups in total. The van der Waals surface area contributed by atoms with Crippen molar-refractivity contribution in [1.29, 1.82) is 0 Å². The molecule has 0 amide bonds. The zero-order chi connectivity index (χ0) is 9.84. The number of nitrogens with zero attached hydrogens (tertiary/aromatic N) is 1. The number of rotatable bonds is 3. The van der Waals surface area contributed by atoms with Crippen LogP contribution in [-0.2, 0) is 4.79 Å². The van der Waals surface area contributed by atoms with Crippen LogP contribution >= 0.6 is 0 Å². The molecule has 2 heteroatoms. The Labute approximate surface area is 81.3 Å². The summed E-state index contributed by atoms with van der Waals surface area (Å²) < 4.78 is 0. The Balaban J connectivity index is 2.39. The molecule has 1 aliphatic heterocycles. The first kappa shape index (κ1) is 10.7. The summed E-state index contributed by atoms with van der Waals surface area (Å²) in [6.07, 6.45) is 4.65. The molecule has 1 fully saturated rings. The molecule has 2 unspecified atom stereocenters. The fourth-order valence-electron chi connectivity index (χ4n) is 2.20. The van der Waals surface area contributed by atoms with Gasteiger partial charge in [-0.3, -0.25) is 9.69 Å². The van der Waals surface area contributed by atoms with Gasteiger partial charge in [-0.2, -0.15) is 0 Å². The molecular formula is C11H21NO. The molecule has 1 saturated heterocycles. The van der Waals surface area contributed by atoms with Crippen LogP contribution in [0.4, 0.5) is 0 Å². The van der Waals surface area contributed by atoms with Crippen molar-refractivity contribution in [3.63, 3.8) is 0 Å². The minimum Gasteiger partial charge on any atom is -0.300 e. The molecule has 0 aromatic heterocycles. The second-order valence-corrected chi connectivity index (χ2v) is 4.32. The Kier molecular flexibility index (Phi) is 3.91. The van der Waals surface area contributed by atoms with E-state index in [0.717, 1.165) is 6.54 Å². The molecule has 2 nitrogen and oxygen atoms in total. The predicted octanol–water partition coefficient (Wildman–Crippen LogP) is 2.23. The van der Waals surface area contributed by atoms with E-state index < -0.39 is 0 Å². The molecule has 1 heterocycles. The zero-order valence-electron chi connectivity index (χ0n) is 9.05. The summed E-state index contributed by atoms with van der Waals surface area (Å²) >= 11 is 0. The Bertz CT molecular complexity index is 169. The lowest BCUT2D eigenvalue weighted by molar-refractivity contribution is -0.117. The van der Waals surface area contributed by atoms with Crippen molar-refractivity contribution in [2.45, 2.75) is 58.5 Å². The summed E-state index contributed by atoms with van der Waals surface area (Å²) in [7, 11) is 0. The minimum absolute atomic E-state index is 0.310. The molecule has 1 rings (SSSR count). The lowest BCUT2D eigenvalue weighted by Crippen LogP contribution is -2.44. The number of carbonyl (C=O) groups excluding carboxylic acids is 1. The van der Waals surface area contributed by atoms with Crippen LogP contribution in [0.5, 0.6) is 0 Å². The summed E-state index contributed by atoms with van der Waals surface area (Å²) in [5.74, 6) is 0.310. The molecule has 76 valence electrons. The zero-order valence-corrected chi connectivity index (χ0v) is 9.05. The maximum absolute atomic E-state index is 10.9. The quantitative estimate of drug-likeness (QED) is 0.668. The van der Waals surface area contributed by atoms with E-state index in [9.17, 15) is 4.79 Å². The number of hydrogen-bond donors (Lipinski definition) is 0. The largest absolute Gasteiger partial charge is 0.300 e. The summed E-state index contributed by atoms with van der Waals surface area (Å²) in [6.45, 7) is 7.18. The molecule has 0 spiro atoms. The summed E-state index contributed by atoms with van der Waals surface area (Å²) in [5, 5.41) is 0. The van der Waals surface area contributed by atoms with Crippen molar-refractivity contribution in [1.82, 2.24) is 4.90 Å². The second kappa shape index (κ2) is 4.75. The standard InChI is InChI=1S/C11H21NO/c1-9-5-4-6-10(2)12(9)8-7-11(3)13/h9-10H,4-8H2,1-3H3. The van der Waals surface area contributed by atoms with Gasteiger partial charge < -0.3 is 0 Å². The lowest BCUT2D eigenvalue weighted by Gasteiger charge is -2.38. The van der Waals surface area contributed by atoms with Gasteiger partial charge in [0.15, 0.2) is 0 Å². The maximum Gasteiger partial charge on any atom is 0.131 e. The van der Waals surface area contributed by atoms with E-state index in [1.807, 2.05) is 0 Å². The molecule has 0 bridgehead atoms. The van der Waals surface area contributed by atoms with Crippen LogP contribution < -0.4 is 0 Å². The van der Waals surface area contributed by atoms with E-state index >= 15 is 0 Å². The Morgan fingerprint density at radius 2 is 1.85 bits per heavy atom.